The van der Waals surface area contributed by atoms with Crippen LogP contribution in [0.15, 0.2) is 97.1 Å². The monoisotopic (exact) mass is 484 g/mol. The normalized spacial score (nSPS) is 12.2. The molecule has 0 saturated carbocycles. The largest absolute Gasteiger partial charge is 0.0616 e. The Hall–Kier alpha value is -4.42. The van der Waals surface area contributed by atoms with Crippen molar-refractivity contribution in [2.45, 2.75) is 27.7 Å². The lowest BCUT2D eigenvalue weighted by atomic mass is 9.80. The zero-order valence-electron chi connectivity index (χ0n) is 22.2. The molecule has 38 heavy (non-hydrogen) atoms. The predicted octanol–water partition coefficient (Wildman–Crippen LogP) is 10.9. The third kappa shape index (κ3) is 2.70. The summed E-state index contributed by atoms with van der Waals surface area (Å²) < 4.78 is 0. The zero-order valence-corrected chi connectivity index (χ0v) is 22.2. The minimum Gasteiger partial charge on any atom is -0.0616 e. The van der Waals surface area contributed by atoms with Gasteiger partial charge in [-0.3, -0.25) is 0 Å². The summed E-state index contributed by atoms with van der Waals surface area (Å²) in [5.41, 5.74) is 8.01. The molecule has 0 unspecified atom stereocenters. The maximum absolute atomic E-state index is 2.37. The van der Waals surface area contributed by atoms with Crippen molar-refractivity contribution >= 4 is 64.6 Å². The van der Waals surface area contributed by atoms with Gasteiger partial charge in [-0.2, -0.15) is 0 Å². The first kappa shape index (κ1) is 21.6. The molecule has 0 aliphatic heterocycles. The minimum atomic E-state index is 1.29. The summed E-state index contributed by atoms with van der Waals surface area (Å²) in [6.07, 6.45) is 0. The lowest BCUT2D eigenvalue weighted by Gasteiger charge is -2.23. The Morgan fingerprint density at radius 2 is 0.974 bits per heavy atom. The molecule has 0 heterocycles. The van der Waals surface area contributed by atoms with E-state index in [1.807, 2.05) is 0 Å². The van der Waals surface area contributed by atoms with Gasteiger partial charge in [0.1, 0.15) is 0 Å². The summed E-state index contributed by atoms with van der Waals surface area (Å²) in [4.78, 5) is 0. The van der Waals surface area contributed by atoms with Crippen molar-refractivity contribution in [2.24, 2.45) is 0 Å². The van der Waals surface area contributed by atoms with E-state index < -0.39 is 0 Å². The van der Waals surface area contributed by atoms with Crippen LogP contribution in [-0.2, 0) is 0 Å². The summed E-state index contributed by atoms with van der Waals surface area (Å²) in [6, 6.07) is 36.7. The molecule has 0 saturated heterocycles. The van der Waals surface area contributed by atoms with E-state index in [9.17, 15) is 0 Å². The van der Waals surface area contributed by atoms with Crippen LogP contribution in [0.1, 0.15) is 22.3 Å². The minimum absolute atomic E-state index is 1.29. The molecule has 0 N–H and O–H groups in total. The number of hydrogen-bond acceptors (Lipinski definition) is 0. The van der Waals surface area contributed by atoms with E-state index in [0.29, 0.717) is 0 Å². The molecule has 0 radical (unpaired) electrons. The first-order valence-electron chi connectivity index (χ1n) is 13.5. The fourth-order valence-electron chi connectivity index (χ4n) is 7.14. The van der Waals surface area contributed by atoms with Crippen molar-refractivity contribution in [1.29, 1.82) is 0 Å². The Morgan fingerprint density at radius 1 is 0.342 bits per heavy atom. The van der Waals surface area contributed by atoms with Crippen molar-refractivity contribution in [3.8, 4) is 11.1 Å². The molecule has 0 atom stereocenters. The molecule has 0 heteroatoms. The van der Waals surface area contributed by atoms with Gasteiger partial charge in [0.25, 0.3) is 0 Å². The lowest BCUT2D eigenvalue weighted by molar-refractivity contribution is 1.47. The fourth-order valence-corrected chi connectivity index (χ4v) is 7.14. The summed E-state index contributed by atoms with van der Waals surface area (Å²) in [5, 5.41) is 16.3. The molecule has 0 aliphatic rings. The smallest absolute Gasteiger partial charge is 0.00110 e. The van der Waals surface area contributed by atoms with Crippen molar-refractivity contribution in [2.75, 3.05) is 0 Å². The van der Waals surface area contributed by atoms with Gasteiger partial charge in [0.15, 0.2) is 0 Å². The van der Waals surface area contributed by atoms with Crippen molar-refractivity contribution in [3.05, 3.63) is 119 Å². The second kappa shape index (κ2) is 7.55. The summed E-state index contributed by atoms with van der Waals surface area (Å²) in [7, 11) is 0. The van der Waals surface area contributed by atoms with Gasteiger partial charge in [-0.15, -0.1) is 0 Å². The summed E-state index contributed by atoms with van der Waals surface area (Å²) in [5.74, 6) is 0. The van der Waals surface area contributed by atoms with Gasteiger partial charge in [0.05, 0.1) is 0 Å². The number of rotatable bonds is 1. The maximum Gasteiger partial charge on any atom is -0.00110 e. The third-order valence-corrected chi connectivity index (χ3v) is 8.81. The average Bonchev–Trinajstić information content (AvgIpc) is 2.93. The van der Waals surface area contributed by atoms with Gasteiger partial charge in [0, 0.05) is 0 Å². The molecule has 0 bridgehead atoms. The zero-order chi connectivity index (χ0) is 25.7. The summed E-state index contributed by atoms with van der Waals surface area (Å²) >= 11 is 0. The highest BCUT2D eigenvalue weighted by Gasteiger charge is 2.22. The second-order valence-corrected chi connectivity index (χ2v) is 11.1. The van der Waals surface area contributed by atoms with Crippen molar-refractivity contribution in [3.63, 3.8) is 0 Å². The molecule has 0 amide bonds. The van der Waals surface area contributed by atoms with Gasteiger partial charge in [-0.05, 0) is 120 Å². The van der Waals surface area contributed by atoms with Gasteiger partial charge in [-0.25, -0.2) is 0 Å². The van der Waals surface area contributed by atoms with Crippen LogP contribution >= 0.6 is 0 Å². The number of fused-ring (bicyclic) bond motifs is 5. The van der Waals surface area contributed by atoms with E-state index in [2.05, 4.69) is 125 Å². The van der Waals surface area contributed by atoms with Gasteiger partial charge in [-0.1, -0.05) is 103 Å². The molecule has 8 aromatic rings. The fraction of sp³-hybridized carbons (Fsp3) is 0.105. The van der Waals surface area contributed by atoms with Crippen molar-refractivity contribution in [1.82, 2.24) is 0 Å². The molecule has 0 nitrogen and oxygen atoms in total. The molecular weight excluding hydrogens is 456 g/mol. The van der Waals surface area contributed by atoms with E-state index in [1.165, 1.54) is 98.0 Å². The van der Waals surface area contributed by atoms with Crippen LogP contribution in [0.4, 0.5) is 0 Å². The van der Waals surface area contributed by atoms with Gasteiger partial charge < -0.3 is 0 Å². The average molecular weight is 485 g/mol. The molecule has 0 aromatic heterocycles. The van der Waals surface area contributed by atoms with Crippen LogP contribution in [0.2, 0.25) is 0 Å². The molecule has 0 fully saturated rings. The highest BCUT2D eigenvalue weighted by molar-refractivity contribution is 6.41. The first-order chi connectivity index (χ1) is 18.5. The van der Waals surface area contributed by atoms with Crippen LogP contribution in [-0.4, -0.2) is 0 Å². The van der Waals surface area contributed by atoms with E-state index in [-0.39, 0.29) is 0 Å². The van der Waals surface area contributed by atoms with Gasteiger partial charge >= 0.3 is 0 Å². The Bertz CT molecular complexity index is 2250. The number of hydrogen-bond donors (Lipinski definition) is 0. The highest BCUT2D eigenvalue weighted by Crippen LogP contribution is 2.50. The Balaban J connectivity index is 1.75. The lowest BCUT2D eigenvalue weighted by Crippen LogP contribution is -1.96. The Labute approximate surface area is 222 Å². The number of benzene rings is 8. The van der Waals surface area contributed by atoms with E-state index in [0.717, 1.165) is 0 Å². The van der Waals surface area contributed by atoms with E-state index in [4.69, 9.17) is 0 Å². The maximum atomic E-state index is 2.37. The first-order valence-corrected chi connectivity index (χ1v) is 13.5. The van der Waals surface area contributed by atoms with Crippen LogP contribution < -0.4 is 0 Å². The Kier molecular flexibility index (Phi) is 4.30. The molecule has 8 aromatic carbocycles. The standard InChI is InChI=1S/C38H28/c1-21-12-16-25-17-13-23(3)33(31(25)20-21)36-27-8-5-6-9-28(27)38-34-24(4)15-19-26-18-14-22(2)32(35(26)34)29-10-7-11-30(36)37(29)38/h5-20H,1-4H3. The van der Waals surface area contributed by atoms with Crippen LogP contribution in [0.25, 0.3) is 75.8 Å². The SMILES string of the molecule is Cc1ccc2ccc(C)c(-c3c4ccccc4c4c5c(C)ccc6ccc(C)c(c7cccc3c74)c65)c2c1. The van der Waals surface area contributed by atoms with Gasteiger partial charge in [0.2, 0.25) is 0 Å². The molecule has 8 rings (SSSR count). The molecule has 180 valence electrons. The molecule has 0 aliphatic carbocycles. The molecule has 0 spiro atoms. The van der Waals surface area contributed by atoms with Crippen molar-refractivity contribution < 1.29 is 0 Å². The summed E-state index contributed by atoms with van der Waals surface area (Å²) in [6.45, 7) is 9.02. The predicted molar refractivity (Wildman–Crippen MR) is 167 cm³/mol. The highest BCUT2D eigenvalue weighted by atomic mass is 14.2. The van der Waals surface area contributed by atoms with Crippen LogP contribution in [0.3, 0.4) is 0 Å². The van der Waals surface area contributed by atoms with E-state index >= 15 is 0 Å². The van der Waals surface area contributed by atoms with Crippen LogP contribution in [0, 0.1) is 27.7 Å². The number of aryl methyl sites for hydroxylation is 4. The third-order valence-electron chi connectivity index (χ3n) is 8.81. The topological polar surface area (TPSA) is 0 Å². The Morgan fingerprint density at radius 3 is 1.79 bits per heavy atom. The molecular formula is C38H28. The van der Waals surface area contributed by atoms with E-state index in [1.54, 1.807) is 0 Å². The second-order valence-electron chi connectivity index (χ2n) is 11.1. The quantitative estimate of drug-likeness (QED) is 0.160. The van der Waals surface area contributed by atoms with Crippen LogP contribution in [0.5, 0.6) is 0 Å².